The van der Waals surface area contributed by atoms with Gasteiger partial charge >= 0.3 is 0 Å². The second-order valence-electron chi connectivity index (χ2n) is 7.27. The molecular weight excluding hydrogens is 509 g/mol. The number of unbranched alkanes of at least 4 members (excludes halogenated alkanes) is 1. The molecule has 1 heterocycles. The zero-order valence-corrected chi connectivity index (χ0v) is 19.8. The number of carbonyl (C=O) groups excluding carboxylic acids is 2. The molecule has 7 heteroatoms. The van der Waals surface area contributed by atoms with Crippen molar-refractivity contribution in [2.75, 3.05) is 26.9 Å². The van der Waals surface area contributed by atoms with Crippen molar-refractivity contribution in [3.63, 3.8) is 0 Å². The van der Waals surface area contributed by atoms with Gasteiger partial charge in [-0.05, 0) is 58.8 Å². The molecule has 1 atom stereocenters. The van der Waals surface area contributed by atoms with E-state index in [1.807, 2.05) is 24.3 Å². The molecule has 0 bridgehead atoms. The number of carbonyl (C=O) groups is 2. The molecule has 1 saturated heterocycles. The average molecular weight is 535 g/mol. The molecule has 31 heavy (non-hydrogen) atoms. The maximum Gasteiger partial charge on any atom is 0.295 e. The predicted molar refractivity (Wildman–Crippen MR) is 127 cm³/mol. The number of hydrogen-bond donors (Lipinski definition) is 1. The average Bonchev–Trinajstić information content (AvgIpc) is 3.03. The van der Waals surface area contributed by atoms with E-state index < -0.39 is 17.7 Å². The number of halogens is 1. The largest absolute Gasteiger partial charge is 0.507 e. The van der Waals surface area contributed by atoms with Crippen molar-refractivity contribution in [1.29, 1.82) is 0 Å². The number of aliphatic hydroxyl groups is 1. The molecule has 1 amide bonds. The number of nitrogens with zero attached hydrogens (tertiary/aromatic N) is 1. The van der Waals surface area contributed by atoms with E-state index in [0.717, 1.165) is 22.0 Å². The number of benzene rings is 2. The summed E-state index contributed by atoms with van der Waals surface area (Å²) < 4.78 is 11.9. The van der Waals surface area contributed by atoms with Gasteiger partial charge in [-0.25, -0.2) is 0 Å². The monoisotopic (exact) mass is 535 g/mol. The molecule has 0 spiro atoms. The molecule has 3 rings (SSSR count). The topological polar surface area (TPSA) is 76.1 Å². The highest BCUT2D eigenvalue weighted by Crippen LogP contribution is 2.39. The van der Waals surface area contributed by atoms with Crippen molar-refractivity contribution in [2.45, 2.75) is 25.8 Å². The number of likely N-dealkylation sites (tertiary alicyclic amines) is 1. The second-order valence-corrected chi connectivity index (χ2v) is 8.51. The Labute approximate surface area is 196 Å². The maximum atomic E-state index is 13.0. The first-order chi connectivity index (χ1) is 15.0. The van der Waals surface area contributed by atoms with E-state index in [-0.39, 0.29) is 24.5 Å². The molecule has 1 N–H and O–H groups in total. The smallest absolute Gasteiger partial charge is 0.295 e. The van der Waals surface area contributed by atoms with Crippen LogP contribution in [0.3, 0.4) is 0 Å². The summed E-state index contributed by atoms with van der Waals surface area (Å²) in [7, 11) is 1.54. The van der Waals surface area contributed by atoms with Crippen LogP contribution in [0.1, 0.15) is 36.9 Å². The molecule has 0 saturated carbocycles. The number of hydrogen-bond acceptors (Lipinski definition) is 5. The van der Waals surface area contributed by atoms with E-state index in [4.69, 9.17) is 9.47 Å². The Morgan fingerprint density at radius 1 is 1.13 bits per heavy atom. The Balaban J connectivity index is 2.05. The number of amides is 1. The van der Waals surface area contributed by atoms with Gasteiger partial charge in [0.25, 0.3) is 11.7 Å². The van der Waals surface area contributed by atoms with Crippen LogP contribution < -0.4 is 4.74 Å². The SMILES string of the molecule is CCCCOc1cccc(/C(O)=C2\C(=O)C(=O)N(CCOC)C2c2ccc(I)cc2)c1. The summed E-state index contributed by atoms with van der Waals surface area (Å²) in [5, 5.41) is 11.1. The number of rotatable bonds is 9. The van der Waals surface area contributed by atoms with Crippen LogP contribution in [0, 0.1) is 3.57 Å². The molecule has 2 aromatic rings. The molecule has 1 aliphatic rings. The van der Waals surface area contributed by atoms with Crippen LogP contribution in [0.25, 0.3) is 5.76 Å². The molecule has 0 radical (unpaired) electrons. The van der Waals surface area contributed by atoms with Gasteiger partial charge in [-0.1, -0.05) is 37.6 Å². The standard InChI is InChI=1S/C24H26INO5/c1-3-4-13-31-19-7-5-6-17(15-19)22(27)20-21(16-8-10-18(25)11-9-16)26(12-14-30-2)24(29)23(20)28/h5-11,15,21,27H,3-4,12-14H2,1-2H3/b22-20+. The summed E-state index contributed by atoms with van der Waals surface area (Å²) in [5.74, 6) is -0.938. The van der Waals surface area contributed by atoms with E-state index in [9.17, 15) is 14.7 Å². The van der Waals surface area contributed by atoms with Gasteiger partial charge in [0.05, 0.1) is 24.8 Å². The van der Waals surface area contributed by atoms with Crippen molar-refractivity contribution in [2.24, 2.45) is 0 Å². The van der Waals surface area contributed by atoms with E-state index in [2.05, 4.69) is 29.5 Å². The van der Waals surface area contributed by atoms with Crippen LogP contribution in [0.4, 0.5) is 0 Å². The molecule has 1 unspecified atom stereocenters. The quantitative estimate of drug-likeness (QED) is 0.168. The molecular formula is C24H26INO5. The zero-order valence-electron chi connectivity index (χ0n) is 17.6. The lowest BCUT2D eigenvalue weighted by molar-refractivity contribution is -0.140. The van der Waals surface area contributed by atoms with Gasteiger partial charge in [-0.2, -0.15) is 0 Å². The van der Waals surface area contributed by atoms with Crippen molar-refractivity contribution < 1.29 is 24.2 Å². The van der Waals surface area contributed by atoms with Gasteiger partial charge in [0.1, 0.15) is 11.5 Å². The number of Topliss-reactive ketones (excluding diaryl/α,β-unsaturated/α-hetero) is 1. The van der Waals surface area contributed by atoms with Crippen LogP contribution in [-0.2, 0) is 14.3 Å². The second kappa shape index (κ2) is 10.8. The van der Waals surface area contributed by atoms with Crippen LogP contribution in [-0.4, -0.2) is 48.6 Å². The third-order valence-electron chi connectivity index (χ3n) is 5.14. The van der Waals surface area contributed by atoms with E-state index >= 15 is 0 Å². The Morgan fingerprint density at radius 3 is 2.55 bits per heavy atom. The van der Waals surface area contributed by atoms with Crippen LogP contribution in [0.15, 0.2) is 54.1 Å². The molecule has 0 aliphatic carbocycles. The van der Waals surface area contributed by atoms with E-state index in [1.165, 1.54) is 4.90 Å². The summed E-state index contributed by atoms with van der Waals surface area (Å²) in [6.07, 6.45) is 1.94. The minimum atomic E-state index is -0.700. The zero-order chi connectivity index (χ0) is 22.4. The first-order valence-electron chi connectivity index (χ1n) is 10.2. The van der Waals surface area contributed by atoms with E-state index in [0.29, 0.717) is 17.9 Å². The highest BCUT2D eigenvalue weighted by atomic mass is 127. The molecule has 6 nitrogen and oxygen atoms in total. The number of aliphatic hydroxyl groups excluding tert-OH is 1. The first kappa shape index (κ1) is 23.3. The minimum absolute atomic E-state index is 0.0769. The highest BCUT2D eigenvalue weighted by Gasteiger charge is 2.45. The first-order valence-corrected chi connectivity index (χ1v) is 11.3. The Hall–Kier alpha value is -2.39. The Morgan fingerprint density at radius 2 is 1.87 bits per heavy atom. The van der Waals surface area contributed by atoms with Crippen LogP contribution in [0.5, 0.6) is 5.75 Å². The van der Waals surface area contributed by atoms with E-state index in [1.54, 1.807) is 31.4 Å². The Bertz CT molecular complexity index is 970. The molecule has 2 aromatic carbocycles. The summed E-state index contributed by atoms with van der Waals surface area (Å²) >= 11 is 2.20. The predicted octanol–water partition coefficient (Wildman–Crippen LogP) is 4.54. The number of ether oxygens (including phenoxy) is 2. The van der Waals surface area contributed by atoms with Gasteiger partial charge in [0, 0.05) is 22.8 Å². The van der Waals surface area contributed by atoms with Gasteiger partial charge in [0.15, 0.2) is 0 Å². The lowest BCUT2D eigenvalue weighted by Gasteiger charge is -2.25. The Kier molecular flexibility index (Phi) is 8.09. The van der Waals surface area contributed by atoms with Crippen molar-refractivity contribution in [3.05, 3.63) is 68.8 Å². The minimum Gasteiger partial charge on any atom is -0.507 e. The summed E-state index contributed by atoms with van der Waals surface area (Å²) in [5.41, 5.74) is 1.27. The van der Waals surface area contributed by atoms with Gasteiger partial charge in [-0.15, -0.1) is 0 Å². The number of ketones is 1. The number of methoxy groups -OCH3 is 1. The molecule has 0 aromatic heterocycles. The summed E-state index contributed by atoms with van der Waals surface area (Å²) in [4.78, 5) is 27.2. The van der Waals surface area contributed by atoms with Crippen LogP contribution >= 0.6 is 22.6 Å². The molecule has 1 aliphatic heterocycles. The fourth-order valence-corrected chi connectivity index (χ4v) is 3.87. The fourth-order valence-electron chi connectivity index (χ4n) is 3.51. The lowest BCUT2D eigenvalue weighted by atomic mass is 9.95. The third kappa shape index (κ3) is 5.27. The summed E-state index contributed by atoms with van der Waals surface area (Å²) in [6, 6.07) is 13.8. The van der Waals surface area contributed by atoms with Gasteiger partial charge in [0.2, 0.25) is 0 Å². The highest BCUT2D eigenvalue weighted by molar-refractivity contribution is 14.1. The maximum absolute atomic E-state index is 13.0. The van der Waals surface area contributed by atoms with Gasteiger partial charge in [-0.3, -0.25) is 9.59 Å². The van der Waals surface area contributed by atoms with Crippen molar-refractivity contribution in [1.82, 2.24) is 4.90 Å². The molecule has 164 valence electrons. The molecule has 1 fully saturated rings. The lowest BCUT2D eigenvalue weighted by Crippen LogP contribution is -2.32. The normalized spacial score (nSPS) is 17.9. The van der Waals surface area contributed by atoms with Crippen LogP contribution in [0.2, 0.25) is 0 Å². The van der Waals surface area contributed by atoms with Gasteiger partial charge < -0.3 is 19.5 Å². The fraction of sp³-hybridized carbons (Fsp3) is 0.333. The van der Waals surface area contributed by atoms with Crippen molar-refractivity contribution in [3.8, 4) is 5.75 Å². The van der Waals surface area contributed by atoms with Crippen molar-refractivity contribution >= 4 is 40.0 Å². The third-order valence-corrected chi connectivity index (χ3v) is 5.86. The summed E-state index contributed by atoms with van der Waals surface area (Å²) in [6.45, 7) is 3.19.